The number of fused-ring (bicyclic) bond motifs is 2. The summed E-state index contributed by atoms with van der Waals surface area (Å²) in [4.78, 5) is 17.2. The molecule has 5 rings (SSSR count). The number of hydrogen-bond acceptors (Lipinski definition) is 3. The maximum Gasteiger partial charge on any atom is 0.240 e. The topological polar surface area (TPSA) is 70.1 Å². The van der Waals surface area contributed by atoms with Crippen molar-refractivity contribution in [3.63, 3.8) is 0 Å². The number of carbonyl (C=O) groups excluding carboxylic acids is 1. The molecule has 35 heavy (non-hydrogen) atoms. The normalized spacial score (nSPS) is 14.1. The maximum absolute atomic E-state index is 13.8. The molecule has 2 aromatic heterocycles. The average molecular weight is 466 g/mol. The van der Waals surface area contributed by atoms with Crippen LogP contribution in [0.5, 0.6) is 0 Å². The maximum atomic E-state index is 13.8. The van der Waals surface area contributed by atoms with Gasteiger partial charge in [-0.3, -0.25) is 10.1 Å². The summed E-state index contributed by atoms with van der Waals surface area (Å²) in [6.45, 7) is 4.52. The van der Waals surface area contributed by atoms with Gasteiger partial charge in [0.05, 0.1) is 18.1 Å². The molecule has 5 heteroatoms. The van der Waals surface area contributed by atoms with E-state index in [4.69, 9.17) is 4.42 Å². The third kappa shape index (κ3) is 4.86. The van der Waals surface area contributed by atoms with Crippen LogP contribution in [0.15, 0.2) is 95.5 Å². The summed E-state index contributed by atoms with van der Waals surface area (Å²) in [7, 11) is 0. The number of carbonyl (C=O) groups is 1. The number of nitrogens with one attached hydrogen (secondary N) is 3. The third-order valence-corrected chi connectivity index (χ3v) is 6.76. The van der Waals surface area contributed by atoms with Gasteiger partial charge in [-0.25, -0.2) is 0 Å². The number of aromatic nitrogens is 1. The van der Waals surface area contributed by atoms with Crippen LogP contribution in [-0.4, -0.2) is 16.4 Å². The highest BCUT2D eigenvalue weighted by Crippen LogP contribution is 2.26. The number of amides is 1. The van der Waals surface area contributed by atoms with E-state index in [9.17, 15) is 4.79 Å². The van der Waals surface area contributed by atoms with Crippen molar-refractivity contribution in [1.29, 1.82) is 0 Å². The van der Waals surface area contributed by atoms with Crippen LogP contribution in [0.1, 0.15) is 43.2 Å². The van der Waals surface area contributed by atoms with E-state index in [2.05, 4.69) is 46.8 Å². The number of benzene rings is 3. The van der Waals surface area contributed by atoms with E-state index in [-0.39, 0.29) is 11.9 Å². The summed E-state index contributed by atoms with van der Waals surface area (Å²) in [5.41, 5.74) is 3.27. The Hall–Kier alpha value is -3.83. The molecule has 0 aliphatic carbocycles. The fraction of sp³-hybridized carbons (Fsp3) is 0.233. The molecule has 3 N–H and O–H groups in total. The van der Waals surface area contributed by atoms with Gasteiger partial charge in [0, 0.05) is 28.9 Å². The summed E-state index contributed by atoms with van der Waals surface area (Å²) in [5, 5.41) is 9.03. The van der Waals surface area contributed by atoms with Crippen molar-refractivity contribution in [2.24, 2.45) is 0 Å². The number of H-pyrrole nitrogens is 1. The highest BCUT2D eigenvalue weighted by atomic mass is 16.3. The second-order valence-corrected chi connectivity index (χ2v) is 9.32. The monoisotopic (exact) mass is 465 g/mol. The molecule has 0 bridgehead atoms. The van der Waals surface area contributed by atoms with Gasteiger partial charge in [-0.2, -0.15) is 0 Å². The number of hydrogen-bond donors (Lipinski definition) is 3. The number of rotatable bonds is 9. The molecule has 0 aliphatic rings. The quantitative estimate of drug-likeness (QED) is 0.240. The van der Waals surface area contributed by atoms with E-state index in [1.54, 1.807) is 0 Å². The first-order valence-corrected chi connectivity index (χ1v) is 12.2. The lowest BCUT2D eigenvalue weighted by molar-refractivity contribution is -0.128. The summed E-state index contributed by atoms with van der Waals surface area (Å²) in [5.74, 6) is 0.772. The van der Waals surface area contributed by atoms with Crippen LogP contribution < -0.4 is 10.6 Å². The molecule has 2 unspecified atom stereocenters. The molecule has 0 fully saturated rings. The molecule has 0 saturated carbocycles. The largest absolute Gasteiger partial charge is 0.460 e. The van der Waals surface area contributed by atoms with Gasteiger partial charge in [0.25, 0.3) is 0 Å². The molecule has 5 nitrogen and oxygen atoms in total. The standard InChI is InChI=1S/C30H31N3O2/c1-3-26(21-11-5-4-6-12-21)33-29(34)30(2,18-23-19-31-27-15-9-8-14-25(23)27)32-20-24-17-22-13-7-10-16-28(22)35-24/h4-17,19,26,31-32H,3,18,20H2,1-2H3,(H,33,34). The van der Waals surface area contributed by atoms with E-state index in [1.165, 1.54) is 0 Å². The van der Waals surface area contributed by atoms with Gasteiger partial charge in [-0.05, 0) is 42.7 Å². The molecular weight excluding hydrogens is 434 g/mol. The van der Waals surface area contributed by atoms with Gasteiger partial charge in [-0.15, -0.1) is 0 Å². The lowest BCUT2D eigenvalue weighted by Crippen LogP contribution is -2.56. The van der Waals surface area contributed by atoms with Gasteiger partial charge >= 0.3 is 0 Å². The molecule has 0 radical (unpaired) electrons. The van der Waals surface area contributed by atoms with E-state index in [0.717, 1.165) is 45.2 Å². The zero-order valence-corrected chi connectivity index (χ0v) is 20.2. The fourth-order valence-corrected chi connectivity index (χ4v) is 4.71. The summed E-state index contributed by atoms with van der Waals surface area (Å²) < 4.78 is 6.02. The lowest BCUT2D eigenvalue weighted by atomic mass is 9.90. The Morgan fingerprint density at radius 3 is 2.54 bits per heavy atom. The molecule has 2 heterocycles. The predicted molar refractivity (Wildman–Crippen MR) is 141 cm³/mol. The van der Waals surface area contributed by atoms with Crippen LogP contribution in [0, 0.1) is 0 Å². The summed E-state index contributed by atoms with van der Waals surface area (Å²) in [6.07, 6.45) is 3.35. The zero-order chi connectivity index (χ0) is 24.3. The third-order valence-electron chi connectivity index (χ3n) is 6.76. The second kappa shape index (κ2) is 9.80. The Balaban J connectivity index is 1.42. The fourth-order valence-electron chi connectivity index (χ4n) is 4.71. The second-order valence-electron chi connectivity index (χ2n) is 9.32. The van der Waals surface area contributed by atoms with E-state index in [0.29, 0.717) is 13.0 Å². The molecule has 0 saturated heterocycles. The Kier molecular flexibility index (Phi) is 6.43. The predicted octanol–water partition coefficient (Wildman–Crippen LogP) is 6.27. The van der Waals surface area contributed by atoms with Crippen molar-refractivity contribution >= 4 is 27.8 Å². The van der Waals surface area contributed by atoms with Gasteiger partial charge in [-0.1, -0.05) is 73.7 Å². The summed E-state index contributed by atoms with van der Waals surface area (Å²) in [6, 6.07) is 28.3. The van der Waals surface area contributed by atoms with Crippen molar-refractivity contribution in [1.82, 2.24) is 15.6 Å². The van der Waals surface area contributed by atoms with Gasteiger partial charge in [0.15, 0.2) is 0 Å². The van der Waals surface area contributed by atoms with Crippen molar-refractivity contribution in [3.05, 3.63) is 108 Å². The average Bonchev–Trinajstić information content (AvgIpc) is 3.50. The minimum Gasteiger partial charge on any atom is -0.460 e. The molecule has 178 valence electrons. The highest BCUT2D eigenvalue weighted by Gasteiger charge is 2.35. The van der Waals surface area contributed by atoms with Crippen LogP contribution in [-0.2, 0) is 17.8 Å². The van der Waals surface area contributed by atoms with Crippen molar-refractivity contribution in [2.45, 2.75) is 44.8 Å². The van der Waals surface area contributed by atoms with E-state index in [1.807, 2.05) is 73.8 Å². The lowest BCUT2D eigenvalue weighted by Gasteiger charge is -2.32. The van der Waals surface area contributed by atoms with E-state index >= 15 is 0 Å². The van der Waals surface area contributed by atoms with Crippen molar-refractivity contribution < 1.29 is 9.21 Å². The Morgan fingerprint density at radius 1 is 1.00 bits per heavy atom. The van der Waals surface area contributed by atoms with Crippen LogP contribution >= 0.6 is 0 Å². The number of para-hydroxylation sites is 2. The van der Waals surface area contributed by atoms with Crippen LogP contribution in [0.4, 0.5) is 0 Å². The summed E-state index contributed by atoms with van der Waals surface area (Å²) >= 11 is 0. The molecule has 1 amide bonds. The van der Waals surface area contributed by atoms with Gasteiger partial charge in [0.2, 0.25) is 5.91 Å². The molecule has 3 aromatic carbocycles. The van der Waals surface area contributed by atoms with E-state index < -0.39 is 5.54 Å². The van der Waals surface area contributed by atoms with Crippen LogP contribution in [0.2, 0.25) is 0 Å². The first-order chi connectivity index (χ1) is 17.1. The number of furan rings is 1. The molecule has 0 aliphatic heterocycles. The zero-order valence-electron chi connectivity index (χ0n) is 20.2. The molecular formula is C30H31N3O2. The minimum atomic E-state index is -0.855. The SMILES string of the molecule is CCC(NC(=O)C(C)(Cc1c[nH]c2ccccc12)NCc1cc2ccccc2o1)c1ccccc1. The Bertz CT molecular complexity index is 1400. The Labute approximate surface area is 205 Å². The molecule has 0 spiro atoms. The van der Waals surface area contributed by atoms with Gasteiger partial charge in [0.1, 0.15) is 11.3 Å². The first-order valence-electron chi connectivity index (χ1n) is 12.2. The van der Waals surface area contributed by atoms with Crippen LogP contribution in [0.25, 0.3) is 21.9 Å². The van der Waals surface area contributed by atoms with Crippen molar-refractivity contribution in [3.8, 4) is 0 Å². The van der Waals surface area contributed by atoms with Gasteiger partial charge < -0.3 is 14.7 Å². The smallest absolute Gasteiger partial charge is 0.240 e. The minimum absolute atomic E-state index is 0.0328. The molecule has 5 aromatic rings. The van der Waals surface area contributed by atoms with Crippen LogP contribution in [0.3, 0.4) is 0 Å². The number of aromatic amines is 1. The van der Waals surface area contributed by atoms with Crippen molar-refractivity contribution in [2.75, 3.05) is 0 Å². The first kappa shape index (κ1) is 22.9. The molecule has 2 atom stereocenters. The Morgan fingerprint density at radius 2 is 1.74 bits per heavy atom. The highest BCUT2D eigenvalue weighted by molar-refractivity contribution is 5.89.